The summed E-state index contributed by atoms with van der Waals surface area (Å²) in [5.74, 6) is 1.80. The molecule has 3 nitrogen and oxygen atoms in total. The molecular formula is C17H24N2O. The molecule has 1 saturated carbocycles. The predicted molar refractivity (Wildman–Crippen MR) is 82.6 cm³/mol. The molecule has 2 aliphatic rings. The van der Waals surface area contributed by atoms with Gasteiger partial charge in [-0.2, -0.15) is 0 Å². The van der Waals surface area contributed by atoms with Gasteiger partial charge in [0, 0.05) is 6.54 Å². The van der Waals surface area contributed by atoms with Gasteiger partial charge in [-0.1, -0.05) is 13.0 Å². The number of fused-ring (bicyclic) bond motifs is 1. The molecule has 3 heteroatoms. The smallest absolute Gasteiger partial charge is 0.120 e. The fourth-order valence-corrected chi connectivity index (χ4v) is 3.14. The summed E-state index contributed by atoms with van der Waals surface area (Å²) in [6, 6.07) is 6.45. The first-order valence-electron chi connectivity index (χ1n) is 7.75. The summed E-state index contributed by atoms with van der Waals surface area (Å²) in [6.45, 7) is 5.28. The maximum Gasteiger partial charge on any atom is 0.120 e. The van der Waals surface area contributed by atoms with Crippen LogP contribution in [0.3, 0.4) is 0 Å². The van der Waals surface area contributed by atoms with Crippen molar-refractivity contribution < 1.29 is 4.74 Å². The van der Waals surface area contributed by atoms with Crippen LogP contribution >= 0.6 is 0 Å². The van der Waals surface area contributed by atoms with Crippen molar-refractivity contribution in [2.45, 2.75) is 38.8 Å². The first kappa shape index (κ1) is 13.5. The fraction of sp³-hybridized carbons (Fsp3) is 0.529. The predicted octanol–water partition coefficient (Wildman–Crippen LogP) is 2.92. The minimum absolute atomic E-state index is 0.391. The fourth-order valence-electron chi connectivity index (χ4n) is 3.14. The lowest BCUT2D eigenvalue weighted by Gasteiger charge is -2.17. The highest BCUT2D eigenvalue weighted by atomic mass is 16.5. The standard InChI is InChI=1S/C17H24N2O/c1-2-18-11-13-3-5-16(9-13)20-17-6-4-15-12-19-8-7-14(15)10-17/h4,6-8,10,13,16,18-19H,2-3,5,9,11-12H2,1H3/t13-,16+/m1/s1. The van der Waals surface area contributed by atoms with Crippen molar-refractivity contribution in [1.82, 2.24) is 10.6 Å². The molecule has 0 spiro atoms. The van der Waals surface area contributed by atoms with E-state index >= 15 is 0 Å². The molecule has 0 aromatic heterocycles. The number of hydrogen-bond acceptors (Lipinski definition) is 3. The van der Waals surface area contributed by atoms with Crippen molar-refractivity contribution in [2.75, 3.05) is 13.1 Å². The van der Waals surface area contributed by atoms with Crippen molar-refractivity contribution in [3.8, 4) is 5.75 Å². The Morgan fingerprint density at radius 2 is 2.30 bits per heavy atom. The Hall–Kier alpha value is -1.48. The van der Waals surface area contributed by atoms with Crippen LogP contribution in [0.25, 0.3) is 6.08 Å². The third kappa shape index (κ3) is 3.15. The Morgan fingerprint density at radius 3 is 3.20 bits per heavy atom. The summed E-state index contributed by atoms with van der Waals surface area (Å²) in [4.78, 5) is 0. The van der Waals surface area contributed by atoms with Gasteiger partial charge in [0.25, 0.3) is 0 Å². The van der Waals surface area contributed by atoms with Crippen molar-refractivity contribution in [3.05, 3.63) is 35.5 Å². The van der Waals surface area contributed by atoms with Crippen LogP contribution in [0.2, 0.25) is 0 Å². The van der Waals surface area contributed by atoms with Crippen LogP contribution < -0.4 is 15.4 Å². The number of nitrogens with one attached hydrogen (secondary N) is 2. The Balaban J connectivity index is 1.58. The van der Waals surface area contributed by atoms with Crippen LogP contribution in [-0.2, 0) is 6.54 Å². The molecule has 0 saturated heterocycles. The van der Waals surface area contributed by atoms with Gasteiger partial charge < -0.3 is 15.4 Å². The molecule has 3 rings (SSSR count). The number of hydrogen-bond donors (Lipinski definition) is 2. The Bertz CT molecular complexity index is 484. The van der Waals surface area contributed by atoms with E-state index in [1.54, 1.807) is 0 Å². The van der Waals surface area contributed by atoms with E-state index in [-0.39, 0.29) is 0 Å². The second-order valence-corrected chi connectivity index (χ2v) is 5.80. The lowest BCUT2D eigenvalue weighted by molar-refractivity contribution is 0.204. The minimum Gasteiger partial charge on any atom is -0.490 e. The topological polar surface area (TPSA) is 33.3 Å². The van der Waals surface area contributed by atoms with Gasteiger partial charge in [0.2, 0.25) is 0 Å². The van der Waals surface area contributed by atoms with Crippen LogP contribution in [0, 0.1) is 5.92 Å². The highest BCUT2D eigenvalue weighted by Crippen LogP contribution is 2.30. The molecule has 0 radical (unpaired) electrons. The second kappa shape index (κ2) is 6.31. The number of rotatable bonds is 5. The van der Waals surface area contributed by atoms with E-state index in [9.17, 15) is 0 Å². The summed E-state index contributed by atoms with van der Waals surface area (Å²) < 4.78 is 6.17. The molecule has 1 aromatic rings. The SMILES string of the molecule is CCNC[C@@H]1CC[C@H](Oc2ccc3c(c2)C=CNC3)C1. The minimum atomic E-state index is 0.391. The average Bonchev–Trinajstić information content (AvgIpc) is 2.92. The van der Waals surface area contributed by atoms with Gasteiger partial charge >= 0.3 is 0 Å². The zero-order valence-electron chi connectivity index (χ0n) is 12.2. The maximum absolute atomic E-state index is 6.17. The highest BCUT2D eigenvalue weighted by molar-refractivity contribution is 5.57. The van der Waals surface area contributed by atoms with E-state index in [0.29, 0.717) is 6.10 Å². The normalized spacial score (nSPS) is 24.2. The number of benzene rings is 1. The molecule has 108 valence electrons. The summed E-state index contributed by atoms with van der Waals surface area (Å²) >= 11 is 0. The molecule has 2 atom stereocenters. The molecule has 20 heavy (non-hydrogen) atoms. The van der Waals surface area contributed by atoms with E-state index in [1.807, 2.05) is 6.20 Å². The van der Waals surface area contributed by atoms with Gasteiger partial charge in [-0.3, -0.25) is 0 Å². The molecule has 0 unspecified atom stereocenters. The van der Waals surface area contributed by atoms with Gasteiger partial charge in [0.05, 0.1) is 6.10 Å². The Morgan fingerprint density at radius 1 is 1.35 bits per heavy atom. The van der Waals surface area contributed by atoms with Gasteiger partial charge in [-0.15, -0.1) is 0 Å². The van der Waals surface area contributed by atoms with Crippen LogP contribution in [0.15, 0.2) is 24.4 Å². The lowest BCUT2D eigenvalue weighted by atomic mass is 10.0. The monoisotopic (exact) mass is 272 g/mol. The second-order valence-electron chi connectivity index (χ2n) is 5.80. The van der Waals surface area contributed by atoms with Crippen LogP contribution in [0.4, 0.5) is 0 Å². The van der Waals surface area contributed by atoms with Crippen molar-refractivity contribution >= 4 is 6.08 Å². The molecule has 2 N–H and O–H groups in total. The third-order valence-corrected chi connectivity index (χ3v) is 4.27. The number of ether oxygens (including phenoxy) is 1. The maximum atomic E-state index is 6.17. The van der Waals surface area contributed by atoms with E-state index in [4.69, 9.17) is 4.74 Å². The molecule has 0 bridgehead atoms. The van der Waals surface area contributed by atoms with Gasteiger partial charge in [-0.25, -0.2) is 0 Å². The molecule has 0 amide bonds. The molecule has 1 heterocycles. The summed E-state index contributed by atoms with van der Waals surface area (Å²) in [7, 11) is 0. The Labute approximate surface area is 121 Å². The van der Waals surface area contributed by atoms with Gasteiger partial charge in [-0.05, 0) is 73.8 Å². The van der Waals surface area contributed by atoms with Gasteiger partial charge in [0.1, 0.15) is 5.75 Å². The third-order valence-electron chi connectivity index (χ3n) is 4.27. The molecule has 1 aliphatic heterocycles. The van der Waals surface area contributed by atoms with Crippen LogP contribution in [0.1, 0.15) is 37.3 Å². The van der Waals surface area contributed by atoms with Crippen molar-refractivity contribution in [3.63, 3.8) is 0 Å². The van der Waals surface area contributed by atoms with E-state index in [1.165, 1.54) is 30.4 Å². The molecule has 1 aliphatic carbocycles. The van der Waals surface area contributed by atoms with Crippen molar-refractivity contribution in [2.24, 2.45) is 5.92 Å². The van der Waals surface area contributed by atoms with E-state index in [2.05, 4.69) is 41.8 Å². The largest absolute Gasteiger partial charge is 0.490 e. The summed E-state index contributed by atoms with van der Waals surface area (Å²) in [5.41, 5.74) is 2.62. The van der Waals surface area contributed by atoms with Crippen LogP contribution in [-0.4, -0.2) is 19.2 Å². The summed E-state index contributed by atoms with van der Waals surface area (Å²) in [5, 5.41) is 6.67. The van der Waals surface area contributed by atoms with Crippen molar-refractivity contribution in [1.29, 1.82) is 0 Å². The zero-order chi connectivity index (χ0) is 13.8. The summed E-state index contributed by atoms with van der Waals surface area (Å²) in [6.07, 6.45) is 8.17. The van der Waals surface area contributed by atoms with E-state index < -0.39 is 0 Å². The molecular weight excluding hydrogens is 248 g/mol. The average molecular weight is 272 g/mol. The zero-order valence-corrected chi connectivity index (χ0v) is 12.2. The Kier molecular flexibility index (Phi) is 4.26. The molecule has 1 fully saturated rings. The van der Waals surface area contributed by atoms with E-state index in [0.717, 1.165) is 31.3 Å². The van der Waals surface area contributed by atoms with Gasteiger partial charge in [0.15, 0.2) is 0 Å². The first-order chi connectivity index (χ1) is 9.85. The van der Waals surface area contributed by atoms with Crippen LogP contribution in [0.5, 0.6) is 5.75 Å². The highest BCUT2D eigenvalue weighted by Gasteiger charge is 2.25. The lowest BCUT2D eigenvalue weighted by Crippen LogP contribution is -2.22. The first-order valence-corrected chi connectivity index (χ1v) is 7.75. The quantitative estimate of drug-likeness (QED) is 0.864. The molecule has 1 aromatic carbocycles.